The summed E-state index contributed by atoms with van der Waals surface area (Å²) in [6.07, 6.45) is 8.08. The van der Waals surface area contributed by atoms with Gasteiger partial charge in [0.15, 0.2) is 16.7 Å². The minimum Gasteiger partial charge on any atom is -0.317 e. The Morgan fingerprint density at radius 3 is 2.41 bits per heavy atom. The average molecular weight is 469 g/mol. The van der Waals surface area contributed by atoms with Gasteiger partial charge in [-0.25, -0.2) is 13.7 Å². The van der Waals surface area contributed by atoms with Gasteiger partial charge in [0.05, 0.1) is 11.1 Å². The van der Waals surface area contributed by atoms with Crippen LogP contribution in [0.2, 0.25) is 0 Å². The summed E-state index contributed by atoms with van der Waals surface area (Å²) < 4.78 is 23.3. The predicted octanol–water partition coefficient (Wildman–Crippen LogP) is 5.26. The smallest absolute Gasteiger partial charge is 0.187 e. The van der Waals surface area contributed by atoms with Crippen molar-refractivity contribution in [1.29, 1.82) is 0 Å². The Hall–Kier alpha value is -3.39. The van der Waals surface area contributed by atoms with Crippen LogP contribution in [-0.4, -0.2) is 36.4 Å². The number of piperidine rings is 1. The van der Waals surface area contributed by atoms with E-state index in [2.05, 4.69) is 34.7 Å². The highest BCUT2D eigenvalue weighted by atomic mass is 32.2. The Kier molecular flexibility index (Phi) is 5.45. The summed E-state index contributed by atoms with van der Waals surface area (Å²) >= 11 is -2.05. The van der Waals surface area contributed by atoms with E-state index in [9.17, 15) is 8.76 Å². The van der Waals surface area contributed by atoms with Gasteiger partial charge in [0.2, 0.25) is 0 Å². The van der Waals surface area contributed by atoms with Gasteiger partial charge in [-0.15, -0.1) is 0 Å². The Morgan fingerprint density at radius 1 is 0.882 bits per heavy atom. The topological polar surface area (TPSA) is 79.5 Å². The molecule has 1 unspecified atom stereocenters. The average Bonchev–Trinajstić information content (AvgIpc) is 3.31. The van der Waals surface area contributed by atoms with Gasteiger partial charge in [0, 0.05) is 28.9 Å². The number of hydrogen-bond donors (Lipinski definition) is 2. The number of hydrogen-bond acceptors (Lipinski definition) is 4. The van der Waals surface area contributed by atoms with Crippen LogP contribution < -0.4 is 5.32 Å². The predicted molar refractivity (Wildman–Crippen MR) is 135 cm³/mol. The first kappa shape index (κ1) is 21.2. The second-order valence-corrected chi connectivity index (χ2v) is 9.66. The van der Waals surface area contributed by atoms with Crippen LogP contribution in [0.15, 0.2) is 84.1 Å². The van der Waals surface area contributed by atoms with Crippen LogP contribution in [0.4, 0.5) is 0 Å². The molecule has 3 heterocycles. The molecule has 2 aromatic heterocycles. The normalized spacial score (nSPS) is 15.7. The van der Waals surface area contributed by atoms with Crippen LogP contribution in [-0.2, 0) is 11.1 Å². The molecule has 1 atom stereocenters. The van der Waals surface area contributed by atoms with E-state index in [1.165, 1.54) is 18.4 Å². The molecule has 2 N–H and O–H groups in total. The highest BCUT2D eigenvalue weighted by Crippen LogP contribution is 2.34. The highest BCUT2D eigenvalue weighted by Gasteiger charge is 2.17. The fraction of sp³-hybridized carbons (Fsp3) is 0.185. The zero-order valence-corrected chi connectivity index (χ0v) is 19.3. The number of benzene rings is 3. The molecule has 5 aromatic rings. The Balaban J connectivity index is 1.37. The maximum absolute atomic E-state index is 11.8. The standard InChI is InChI=1S/C27H24N4O2S/c32-34(33)26-10-9-23(22-3-1-2-4-24(22)26)25-16-30-31-17-21(15-29-27(25)31)19-7-5-18(6-8-19)20-11-13-28-14-12-20/h1-10,15-17,20,28H,11-14H2,(H,32,33). The SMILES string of the molecule is O=S(O)c1ccc(-c2cnn3cc(-c4ccc(C5CCNCC5)cc4)cnc23)c2ccccc12. The first-order chi connectivity index (χ1) is 16.7. The Morgan fingerprint density at radius 2 is 1.65 bits per heavy atom. The van der Waals surface area contributed by atoms with Crippen molar-refractivity contribution in [3.8, 4) is 22.3 Å². The van der Waals surface area contributed by atoms with Gasteiger partial charge in [0.1, 0.15) is 0 Å². The van der Waals surface area contributed by atoms with Crippen LogP contribution >= 0.6 is 0 Å². The summed E-state index contributed by atoms with van der Waals surface area (Å²) in [5.74, 6) is 0.633. The molecule has 0 aliphatic carbocycles. The van der Waals surface area contributed by atoms with Crippen molar-refractivity contribution in [3.63, 3.8) is 0 Å². The molecular weight excluding hydrogens is 444 g/mol. The van der Waals surface area contributed by atoms with E-state index < -0.39 is 11.1 Å². The van der Waals surface area contributed by atoms with Crippen LogP contribution in [0.5, 0.6) is 0 Å². The highest BCUT2D eigenvalue weighted by molar-refractivity contribution is 7.79. The summed E-state index contributed by atoms with van der Waals surface area (Å²) in [4.78, 5) is 5.16. The van der Waals surface area contributed by atoms with Crippen molar-refractivity contribution in [3.05, 3.63) is 84.8 Å². The molecule has 1 aliphatic heterocycles. The van der Waals surface area contributed by atoms with Crippen LogP contribution in [0, 0.1) is 0 Å². The third kappa shape index (κ3) is 3.72. The lowest BCUT2D eigenvalue weighted by Crippen LogP contribution is -2.26. The summed E-state index contributed by atoms with van der Waals surface area (Å²) in [5.41, 5.74) is 6.10. The molecule has 1 fully saturated rings. The summed E-state index contributed by atoms with van der Waals surface area (Å²) in [7, 11) is 0. The van der Waals surface area contributed by atoms with E-state index in [1.54, 1.807) is 10.6 Å². The second kappa shape index (κ2) is 8.76. The molecule has 34 heavy (non-hydrogen) atoms. The van der Waals surface area contributed by atoms with E-state index in [1.807, 2.05) is 48.9 Å². The summed E-state index contributed by atoms with van der Waals surface area (Å²) in [6, 6.07) is 20.0. The molecule has 1 saturated heterocycles. The molecule has 0 radical (unpaired) electrons. The Bertz CT molecular complexity index is 1520. The van der Waals surface area contributed by atoms with Crippen molar-refractivity contribution in [2.24, 2.45) is 0 Å². The molecule has 0 spiro atoms. The zero-order chi connectivity index (χ0) is 23.1. The van der Waals surface area contributed by atoms with Crippen molar-refractivity contribution >= 4 is 27.5 Å². The number of aromatic nitrogens is 3. The lowest BCUT2D eigenvalue weighted by Gasteiger charge is -2.23. The van der Waals surface area contributed by atoms with Crippen LogP contribution in [0.1, 0.15) is 24.3 Å². The molecule has 1 aliphatic rings. The molecule has 170 valence electrons. The minimum atomic E-state index is -2.05. The lowest BCUT2D eigenvalue weighted by atomic mass is 9.89. The summed E-state index contributed by atoms with van der Waals surface area (Å²) in [5, 5.41) is 9.66. The molecular formula is C27H24N4O2S. The number of nitrogens with zero attached hydrogens (tertiary/aromatic N) is 3. The Labute approximate surface area is 199 Å². The fourth-order valence-corrected chi connectivity index (χ4v) is 5.53. The maximum atomic E-state index is 11.8. The third-order valence-corrected chi connectivity index (χ3v) is 7.51. The molecule has 0 saturated carbocycles. The van der Waals surface area contributed by atoms with E-state index in [4.69, 9.17) is 4.98 Å². The minimum absolute atomic E-state index is 0.402. The van der Waals surface area contributed by atoms with Crippen molar-refractivity contribution in [2.45, 2.75) is 23.7 Å². The zero-order valence-electron chi connectivity index (χ0n) is 18.5. The quantitative estimate of drug-likeness (QED) is 0.352. The van der Waals surface area contributed by atoms with Gasteiger partial charge in [-0.05, 0) is 60.0 Å². The van der Waals surface area contributed by atoms with E-state index in [0.717, 1.165) is 51.8 Å². The van der Waals surface area contributed by atoms with E-state index in [-0.39, 0.29) is 0 Å². The van der Waals surface area contributed by atoms with Gasteiger partial charge in [0.25, 0.3) is 0 Å². The van der Waals surface area contributed by atoms with Crippen LogP contribution in [0.3, 0.4) is 0 Å². The molecule has 6 rings (SSSR count). The van der Waals surface area contributed by atoms with Crippen LogP contribution in [0.25, 0.3) is 38.7 Å². The monoisotopic (exact) mass is 468 g/mol. The van der Waals surface area contributed by atoms with Crippen molar-refractivity contribution in [2.75, 3.05) is 13.1 Å². The summed E-state index contributed by atoms with van der Waals surface area (Å²) in [6.45, 7) is 2.18. The first-order valence-corrected chi connectivity index (χ1v) is 12.6. The van der Waals surface area contributed by atoms with Gasteiger partial charge in [-0.1, -0.05) is 54.6 Å². The number of fused-ring (bicyclic) bond motifs is 2. The fourth-order valence-electron chi connectivity index (χ4n) is 4.98. The molecule has 6 nitrogen and oxygen atoms in total. The van der Waals surface area contributed by atoms with Gasteiger partial charge >= 0.3 is 0 Å². The maximum Gasteiger partial charge on any atom is 0.187 e. The van der Waals surface area contributed by atoms with E-state index >= 15 is 0 Å². The first-order valence-electron chi connectivity index (χ1n) is 11.5. The van der Waals surface area contributed by atoms with Crippen molar-refractivity contribution in [1.82, 2.24) is 19.9 Å². The van der Waals surface area contributed by atoms with Gasteiger partial charge in [-0.2, -0.15) is 5.10 Å². The number of rotatable bonds is 4. The number of nitrogens with one attached hydrogen (secondary N) is 1. The molecule has 7 heteroatoms. The molecule has 3 aromatic carbocycles. The van der Waals surface area contributed by atoms with E-state index in [0.29, 0.717) is 10.8 Å². The van der Waals surface area contributed by atoms with Gasteiger partial charge < -0.3 is 9.87 Å². The lowest BCUT2D eigenvalue weighted by molar-refractivity contribution is 0.460. The van der Waals surface area contributed by atoms with Gasteiger partial charge in [-0.3, -0.25) is 0 Å². The largest absolute Gasteiger partial charge is 0.317 e. The molecule has 0 bridgehead atoms. The third-order valence-electron chi connectivity index (χ3n) is 6.77. The molecule has 0 amide bonds. The van der Waals surface area contributed by atoms with Crippen molar-refractivity contribution < 1.29 is 8.76 Å². The second-order valence-electron chi connectivity index (χ2n) is 8.72.